The maximum Gasteiger partial charge on any atom is 0.0669 e. The van der Waals surface area contributed by atoms with Gasteiger partial charge in [0, 0.05) is 0 Å². The molecular formula is C11H9N. The second-order valence-electron chi connectivity index (χ2n) is 2.38. The van der Waals surface area contributed by atoms with E-state index in [4.69, 9.17) is 5.26 Å². The van der Waals surface area contributed by atoms with E-state index in [9.17, 15) is 0 Å². The van der Waals surface area contributed by atoms with Crippen molar-refractivity contribution in [1.82, 2.24) is 0 Å². The first-order valence-electron chi connectivity index (χ1n) is 3.69. The Bertz CT molecular complexity index is 352. The molecule has 1 aromatic rings. The molecule has 0 aliphatic carbocycles. The van der Waals surface area contributed by atoms with Crippen LogP contribution in [0, 0.1) is 11.3 Å². The number of nitrogens with zero attached hydrogens (tertiary/aromatic N) is 1. The van der Waals surface area contributed by atoms with E-state index in [1.165, 1.54) is 0 Å². The van der Waals surface area contributed by atoms with Gasteiger partial charge in [0.1, 0.15) is 0 Å². The summed E-state index contributed by atoms with van der Waals surface area (Å²) in [4.78, 5) is 0. The first kappa shape index (κ1) is 8.33. The number of benzene rings is 1. The third-order valence-electron chi connectivity index (χ3n) is 1.58. The molecule has 0 heterocycles. The molecule has 1 heteroatoms. The first-order valence-corrected chi connectivity index (χ1v) is 3.69. The van der Waals surface area contributed by atoms with Gasteiger partial charge in [-0.3, -0.25) is 0 Å². The molecule has 0 aliphatic rings. The lowest BCUT2D eigenvalue weighted by Crippen LogP contribution is -1.85. The second-order valence-corrected chi connectivity index (χ2v) is 2.38. The van der Waals surface area contributed by atoms with Crippen molar-refractivity contribution in [3.63, 3.8) is 0 Å². The number of nitriles is 1. The summed E-state index contributed by atoms with van der Waals surface area (Å²) >= 11 is 0. The van der Waals surface area contributed by atoms with Gasteiger partial charge in [-0.25, -0.2) is 0 Å². The topological polar surface area (TPSA) is 23.8 Å². The van der Waals surface area contributed by atoms with E-state index in [2.05, 4.69) is 18.4 Å². The van der Waals surface area contributed by atoms with Crippen molar-refractivity contribution in [2.24, 2.45) is 0 Å². The molecule has 58 valence electrons. The molecule has 12 heavy (non-hydrogen) atoms. The lowest BCUT2D eigenvalue weighted by atomic mass is 10.1. The molecule has 0 amide bonds. The van der Waals surface area contributed by atoms with E-state index in [1.54, 1.807) is 6.08 Å². The van der Waals surface area contributed by atoms with Crippen molar-refractivity contribution in [2.75, 3.05) is 0 Å². The minimum absolute atomic E-state index is 0.439. The van der Waals surface area contributed by atoms with Gasteiger partial charge in [-0.15, -0.1) is 5.73 Å². The Hall–Kier alpha value is -1.77. The smallest absolute Gasteiger partial charge is 0.0669 e. The quantitative estimate of drug-likeness (QED) is 0.602. The summed E-state index contributed by atoms with van der Waals surface area (Å²) in [5.41, 5.74) is 4.74. The van der Waals surface area contributed by atoms with Crippen LogP contribution in [0.15, 0.2) is 36.6 Å². The fraction of sp³-hybridized carbons (Fsp3) is 0.0909. The van der Waals surface area contributed by atoms with E-state index < -0.39 is 0 Å². The molecule has 1 nitrogen and oxygen atoms in total. The average molecular weight is 155 g/mol. The zero-order chi connectivity index (χ0) is 8.81. The fourth-order valence-corrected chi connectivity index (χ4v) is 1.03. The molecule has 0 saturated heterocycles. The van der Waals surface area contributed by atoms with Gasteiger partial charge >= 0.3 is 0 Å². The van der Waals surface area contributed by atoms with Crippen LogP contribution in [0.3, 0.4) is 0 Å². The van der Waals surface area contributed by atoms with Gasteiger partial charge in [0.05, 0.1) is 12.5 Å². The van der Waals surface area contributed by atoms with E-state index in [0.717, 1.165) is 11.1 Å². The summed E-state index contributed by atoms with van der Waals surface area (Å²) < 4.78 is 0. The first-order chi connectivity index (χ1) is 5.88. The third kappa shape index (κ3) is 1.85. The predicted octanol–water partition coefficient (Wildman–Crippen LogP) is 2.55. The van der Waals surface area contributed by atoms with E-state index in [0.29, 0.717) is 6.42 Å². The largest absolute Gasteiger partial charge is 0.198 e. The van der Waals surface area contributed by atoms with Gasteiger partial charge in [0.25, 0.3) is 0 Å². The van der Waals surface area contributed by atoms with Gasteiger partial charge in [0.15, 0.2) is 0 Å². The molecule has 0 saturated carbocycles. The van der Waals surface area contributed by atoms with Gasteiger partial charge in [-0.2, -0.15) is 5.26 Å². The van der Waals surface area contributed by atoms with Crippen LogP contribution < -0.4 is 0 Å². The standard InChI is InChI=1S/C11H9N/c1-2-5-10-6-3-4-7-11(10)8-9-12/h3-7H,1,8H2. The van der Waals surface area contributed by atoms with Gasteiger partial charge in [-0.05, 0) is 17.2 Å². The maximum atomic E-state index is 8.51. The lowest BCUT2D eigenvalue weighted by molar-refractivity contribution is 1.25. The van der Waals surface area contributed by atoms with Crippen LogP contribution in [0.1, 0.15) is 11.1 Å². The molecule has 0 N–H and O–H groups in total. The maximum absolute atomic E-state index is 8.51. The van der Waals surface area contributed by atoms with Crippen molar-refractivity contribution in [3.05, 3.63) is 47.7 Å². The van der Waals surface area contributed by atoms with Crippen molar-refractivity contribution < 1.29 is 0 Å². The van der Waals surface area contributed by atoms with Gasteiger partial charge < -0.3 is 0 Å². The monoisotopic (exact) mass is 155 g/mol. The van der Waals surface area contributed by atoms with Crippen LogP contribution in [-0.4, -0.2) is 0 Å². The number of hydrogen-bond donors (Lipinski definition) is 0. The molecule has 0 atom stereocenters. The molecule has 0 bridgehead atoms. The molecule has 1 rings (SSSR count). The van der Waals surface area contributed by atoms with Crippen LogP contribution in [0.5, 0.6) is 0 Å². The van der Waals surface area contributed by atoms with Crippen LogP contribution in [0.2, 0.25) is 0 Å². The highest BCUT2D eigenvalue weighted by molar-refractivity contribution is 5.53. The summed E-state index contributed by atoms with van der Waals surface area (Å²) in [6, 6.07) is 9.86. The second kappa shape index (κ2) is 4.18. The minimum atomic E-state index is 0.439. The van der Waals surface area contributed by atoms with Gasteiger partial charge in [-0.1, -0.05) is 30.8 Å². The summed E-state index contributed by atoms with van der Waals surface area (Å²) in [6.45, 7) is 3.49. The zero-order valence-electron chi connectivity index (χ0n) is 6.75. The molecule has 0 unspecified atom stereocenters. The predicted molar refractivity (Wildman–Crippen MR) is 49.4 cm³/mol. The van der Waals surface area contributed by atoms with Crippen molar-refractivity contribution in [3.8, 4) is 6.07 Å². The van der Waals surface area contributed by atoms with Crippen molar-refractivity contribution >= 4 is 6.08 Å². The molecule has 1 aromatic carbocycles. The Morgan fingerprint density at radius 1 is 1.42 bits per heavy atom. The average Bonchev–Trinajstić information content (AvgIpc) is 2.09. The van der Waals surface area contributed by atoms with Crippen LogP contribution in [0.25, 0.3) is 6.08 Å². The molecule has 0 fully saturated rings. The van der Waals surface area contributed by atoms with Crippen LogP contribution in [0.4, 0.5) is 0 Å². The van der Waals surface area contributed by atoms with E-state index in [1.807, 2.05) is 24.3 Å². The Morgan fingerprint density at radius 2 is 2.17 bits per heavy atom. The van der Waals surface area contributed by atoms with Gasteiger partial charge in [0.2, 0.25) is 0 Å². The highest BCUT2D eigenvalue weighted by atomic mass is 14.2. The zero-order valence-corrected chi connectivity index (χ0v) is 6.75. The SMILES string of the molecule is C=C=Cc1ccccc1CC#N. The Balaban J connectivity index is 3.09. The van der Waals surface area contributed by atoms with Crippen molar-refractivity contribution in [1.29, 1.82) is 5.26 Å². The van der Waals surface area contributed by atoms with Crippen molar-refractivity contribution in [2.45, 2.75) is 6.42 Å². The lowest BCUT2D eigenvalue weighted by Gasteiger charge is -1.98. The Labute approximate surface area is 72.3 Å². The summed E-state index contributed by atoms with van der Waals surface area (Å²) in [6.07, 6.45) is 2.22. The Kier molecular flexibility index (Phi) is 2.90. The number of rotatable bonds is 2. The summed E-state index contributed by atoms with van der Waals surface area (Å²) in [5, 5.41) is 8.51. The molecule has 0 aliphatic heterocycles. The van der Waals surface area contributed by atoms with E-state index in [-0.39, 0.29) is 0 Å². The highest BCUT2D eigenvalue weighted by Crippen LogP contribution is 2.09. The number of hydrogen-bond acceptors (Lipinski definition) is 1. The summed E-state index contributed by atoms with van der Waals surface area (Å²) in [7, 11) is 0. The third-order valence-corrected chi connectivity index (χ3v) is 1.58. The van der Waals surface area contributed by atoms with Crippen LogP contribution in [-0.2, 0) is 6.42 Å². The summed E-state index contributed by atoms with van der Waals surface area (Å²) in [5.74, 6) is 0. The fourth-order valence-electron chi connectivity index (χ4n) is 1.03. The normalized spacial score (nSPS) is 8.25. The molecule has 0 aromatic heterocycles. The highest BCUT2D eigenvalue weighted by Gasteiger charge is 1.95. The van der Waals surface area contributed by atoms with E-state index >= 15 is 0 Å². The minimum Gasteiger partial charge on any atom is -0.198 e. The molecular weight excluding hydrogens is 146 g/mol. The molecule has 0 radical (unpaired) electrons. The van der Waals surface area contributed by atoms with Crippen LogP contribution >= 0.6 is 0 Å². The molecule has 0 spiro atoms. The Morgan fingerprint density at radius 3 is 2.83 bits per heavy atom.